The third-order valence-electron chi connectivity index (χ3n) is 13.2. The van der Waals surface area contributed by atoms with E-state index in [0.717, 1.165) is 19.3 Å². The fraction of sp³-hybridized carbons (Fsp3) is 0.413. The fourth-order valence-electron chi connectivity index (χ4n) is 10.2. The minimum atomic E-state index is -4.30. The van der Waals surface area contributed by atoms with Gasteiger partial charge >= 0.3 is 288 Å². The number of rotatable bonds is 4. The number of hydrogen-bond acceptors (Lipinski definition) is 0. The van der Waals surface area contributed by atoms with Crippen LogP contribution in [-0.2, 0) is 35.5 Å². The molecule has 0 fully saturated rings. The van der Waals surface area contributed by atoms with E-state index >= 15 is 0 Å². The maximum atomic E-state index is 5.62. The zero-order valence-corrected chi connectivity index (χ0v) is 35.9. The van der Waals surface area contributed by atoms with Gasteiger partial charge in [0.05, 0.1) is 0 Å². The van der Waals surface area contributed by atoms with Crippen LogP contribution in [-0.4, -0.2) is 4.21 Å². The Labute approximate surface area is 310 Å². The van der Waals surface area contributed by atoms with Crippen molar-refractivity contribution in [3.8, 4) is 11.1 Å². The Morgan fingerprint density at radius 1 is 0.796 bits per heavy atom. The van der Waals surface area contributed by atoms with Crippen molar-refractivity contribution >= 4 is 43.4 Å². The van der Waals surface area contributed by atoms with E-state index in [4.69, 9.17) is 4.21 Å². The normalized spacial score (nSPS) is 21.8. The fourth-order valence-corrected chi connectivity index (χ4v) is 27.0. The monoisotopic (exact) mass is 770 g/mol. The molecule has 0 nitrogen and oxygen atoms in total. The molecule has 0 radical (unpaired) electrons. The molecule has 3 heteroatoms. The van der Waals surface area contributed by atoms with E-state index in [0.29, 0.717) is 9.54 Å². The molecular formula is C46H58Cl2Zr. The van der Waals surface area contributed by atoms with Gasteiger partial charge in [-0.15, -0.1) is 24.8 Å². The first kappa shape index (κ1) is 38.2. The van der Waals surface area contributed by atoms with Crippen molar-refractivity contribution in [2.75, 3.05) is 0 Å². The molecule has 0 bridgehead atoms. The van der Waals surface area contributed by atoms with E-state index in [1.54, 1.807) is 3.28 Å². The van der Waals surface area contributed by atoms with E-state index in [9.17, 15) is 0 Å². The van der Waals surface area contributed by atoms with Crippen LogP contribution >= 0.6 is 24.8 Å². The Morgan fingerprint density at radius 3 is 1.94 bits per heavy atom. The number of hydrogen-bond donors (Lipinski definition) is 0. The quantitative estimate of drug-likeness (QED) is 0.194. The van der Waals surface area contributed by atoms with E-state index in [1.807, 2.05) is 0 Å². The summed E-state index contributed by atoms with van der Waals surface area (Å²) in [6.07, 6.45) is 13.6. The van der Waals surface area contributed by atoms with Crippen LogP contribution in [0.25, 0.3) is 22.3 Å². The summed E-state index contributed by atoms with van der Waals surface area (Å²) in [6, 6.07) is 21.8. The molecule has 2 atom stereocenters. The van der Waals surface area contributed by atoms with Gasteiger partial charge in [0.15, 0.2) is 0 Å². The summed E-state index contributed by atoms with van der Waals surface area (Å²) < 4.78 is 11.8. The molecule has 3 aromatic carbocycles. The molecule has 0 aliphatic heterocycles. The number of halogens is 2. The van der Waals surface area contributed by atoms with Crippen LogP contribution in [0.5, 0.6) is 0 Å². The Hall–Kier alpha value is -2.05. The zero-order valence-electron chi connectivity index (χ0n) is 31.8. The van der Waals surface area contributed by atoms with Crippen molar-refractivity contribution in [1.82, 2.24) is 0 Å². The van der Waals surface area contributed by atoms with Gasteiger partial charge in [-0.1, -0.05) is 0 Å². The second kappa shape index (κ2) is 12.3. The second-order valence-corrected chi connectivity index (χ2v) is 33.0. The summed E-state index contributed by atoms with van der Waals surface area (Å²) in [7, 11) is 0. The third-order valence-corrected chi connectivity index (χ3v) is 29.5. The van der Waals surface area contributed by atoms with Gasteiger partial charge in [0.1, 0.15) is 0 Å². The molecule has 0 N–H and O–H groups in total. The van der Waals surface area contributed by atoms with E-state index in [2.05, 4.69) is 153 Å². The first-order valence-corrected chi connectivity index (χ1v) is 26.2. The standard InChI is InChI=1S/C27H29.C11H17.C6H5.CH3.CH2.2ClH.Zr/c1-16-7-9-26(3,4)24-12-18-11-19-13-25-21(17(2)8-10-27(25,5)6)15-23(19)22(18)14-20(16)24;1-5-9-6-7-10(8-9)11(2,3)4;1-2-4-6-5-3-1;;;;;/h7-9,12-15H,10-11H2,1-6H3;7-9H,5H2,1-4H3;1-5H;1H3;1H2;2*1H;. The molecule has 0 saturated carbocycles. The first-order chi connectivity index (χ1) is 21.9. The molecular weight excluding hydrogens is 715 g/mol. The van der Waals surface area contributed by atoms with Gasteiger partial charge < -0.3 is 0 Å². The van der Waals surface area contributed by atoms with Gasteiger partial charge in [0, 0.05) is 0 Å². The average molecular weight is 773 g/mol. The van der Waals surface area contributed by atoms with Crippen LogP contribution in [0, 0.1) is 11.3 Å². The molecule has 0 saturated heterocycles. The van der Waals surface area contributed by atoms with Crippen molar-refractivity contribution in [3.63, 3.8) is 0 Å². The summed E-state index contributed by atoms with van der Waals surface area (Å²) in [5, 5.41) is 0. The Morgan fingerprint density at radius 2 is 1.37 bits per heavy atom. The minimum absolute atomic E-state index is 0. The third kappa shape index (κ3) is 5.60. The van der Waals surface area contributed by atoms with Gasteiger partial charge in [-0.25, -0.2) is 0 Å². The van der Waals surface area contributed by atoms with Crippen molar-refractivity contribution < 1.29 is 18.3 Å². The first-order valence-electron chi connectivity index (χ1n) is 18.1. The molecule has 0 heterocycles. The van der Waals surface area contributed by atoms with E-state index in [-0.39, 0.29) is 41.1 Å². The summed E-state index contributed by atoms with van der Waals surface area (Å²) in [4.78, 5) is 0. The molecule has 7 rings (SSSR count). The van der Waals surface area contributed by atoms with Crippen molar-refractivity contribution in [1.29, 1.82) is 0 Å². The number of benzene rings is 3. The SMILES string of the molecule is Cl.Cl.[CH2]=[Zr]([CH3])([C]1=CC(C(C)(C)C)=CC1CC)([c]1ccccc1)[CH]1C=C(C)c2cc3c(cc2C1(C)C)Cc1cc2c(cc1-3)C(C)=CCC2(C)C. The predicted molar refractivity (Wildman–Crippen MR) is 219 cm³/mol. The van der Waals surface area contributed by atoms with Gasteiger partial charge in [-0.05, 0) is 0 Å². The molecule has 0 aromatic heterocycles. The Bertz CT molecular complexity index is 2040. The van der Waals surface area contributed by atoms with Gasteiger partial charge in [-0.3, -0.25) is 0 Å². The van der Waals surface area contributed by atoms with Crippen molar-refractivity contribution in [2.45, 2.75) is 108 Å². The van der Waals surface area contributed by atoms with E-state index < -0.39 is 18.3 Å². The molecule has 260 valence electrons. The van der Waals surface area contributed by atoms with Crippen LogP contribution in [0.2, 0.25) is 8.26 Å². The molecule has 49 heavy (non-hydrogen) atoms. The average Bonchev–Trinajstić information content (AvgIpc) is 3.63. The van der Waals surface area contributed by atoms with Crippen LogP contribution in [0.1, 0.15) is 115 Å². The van der Waals surface area contributed by atoms with Crippen molar-refractivity contribution in [2.24, 2.45) is 11.3 Å². The zero-order chi connectivity index (χ0) is 33.9. The molecule has 4 aliphatic carbocycles. The van der Waals surface area contributed by atoms with Crippen LogP contribution in [0.3, 0.4) is 0 Å². The maximum absolute atomic E-state index is 5.62. The summed E-state index contributed by atoms with van der Waals surface area (Å²) in [6.45, 7) is 24.1. The molecule has 0 amide bonds. The predicted octanol–water partition coefficient (Wildman–Crippen LogP) is 13.1. The topological polar surface area (TPSA) is 0 Å². The Kier molecular flexibility index (Phi) is 9.57. The molecule has 3 aromatic rings. The summed E-state index contributed by atoms with van der Waals surface area (Å²) in [5.74, 6) is 0.450. The van der Waals surface area contributed by atoms with Crippen LogP contribution in [0.4, 0.5) is 0 Å². The Balaban J connectivity index is 0.00000234. The van der Waals surface area contributed by atoms with Crippen LogP contribution in [0.15, 0.2) is 87.8 Å². The summed E-state index contributed by atoms with van der Waals surface area (Å²) in [5.41, 5.74) is 16.4. The molecule has 4 aliphatic rings. The van der Waals surface area contributed by atoms with E-state index in [1.165, 1.54) is 64.5 Å². The van der Waals surface area contributed by atoms with Gasteiger partial charge in [-0.2, -0.15) is 0 Å². The van der Waals surface area contributed by atoms with Gasteiger partial charge in [0.25, 0.3) is 0 Å². The second-order valence-electron chi connectivity index (χ2n) is 18.3. The summed E-state index contributed by atoms with van der Waals surface area (Å²) >= 11 is -4.30. The number of allylic oxidation sites excluding steroid dienone is 8. The molecule has 0 spiro atoms. The van der Waals surface area contributed by atoms with Crippen molar-refractivity contribution in [3.05, 3.63) is 121 Å². The molecule has 2 unspecified atom stereocenters. The van der Waals surface area contributed by atoms with Crippen LogP contribution < -0.4 is 3.27 Å². The van der Waals surface area contributed by atoms with Gasteiger partial charge in [0.2, 0.25) is 0 Å². The number of fused-ring (bicyclic) bond motifs is 5.